The summed E-state index contributed by atoms with van der Waals surface area (Å²) in [5.41, 5.74) is 15.3. The van der Waals surface area contributed by atoms with Crippen LogP contribution in [0.2, 0.25) is 0 Å². The van der Waals surface area contributed by atoms with Gasteiger partial charge in [-0.15, -0.1) is 0 Å². The van der Waals surface area contributed by atoms with Crippen LogP contribution < -0.4 is 15.4 Å². The Morgan fingerprint density at radius 1 is 0.656 bits per heavy atom. The maximum Gasteiger partial charge on any atom is 0.256 e. The van der Waals surface area contributed by atoms with E-state index in [0.717, 1.165) is 89.5 Å². The lowest BCUT2D eigenvalue weighted by Gasteiger charge is -2.62. The Bertz CT molecular complexity index is 3510. The van der Waals surface area contributed by atoms with Gasteiger partial charge in [0, 0.05) is 76.3 Å². The van der Waals surface area contributed by atoms with E-state index in [4.69, 9.17) is 4.74 Å². The van der Waals surface area contributed by atoms with Crippen molar-refractivity contribution < 1.29 is 19.7 Å². The summed E-state index contributed by atoms with van der Waals surface area (Å²) < 4.78 is 6.60. The minimum atomic E-state index is -0.908. The van der Waals surface area contributed by atoms with E-state index in [1.807, 2.05) is 36.5 Å². The fraction of sp³-hybridized carbons (Fsp3) is 0.524. The van der Waals surface area contributed by atoms with E-state index >= 15 is 0 Å². The Hall–Kier alpha value is -6.52. The predicted octanol–water partition coefficient (Wildman–Crippen LogP) is 19.6. The number of aromatic nitrogens is 2. The number of aromatic amines is 1. The SMILES string of the molecule is CCc1ccccc1CCCCCCCCCCCCCCCCCCCCCCCCc1ccccc1CC.O=C1Nc2ccc(-c3cccnc3)cc2C1=CC1CCCN1.Oc1ccc2c3c1O[C@@H]1c4[nH]c5ccccc5c4C[C@@]4(O)C(C2)N(CC2CC2)CCC314. The lowest BCUT2D eigenvalue weighted by molar-refractivity contribution is -0.173. The second kappa shape index (κ2) is 32.3. The van der Waals surface area contributed by atoms with Gasteiger partial charge < -0.3 is 30.6 Å². The third-order valence-corrected chi connectivity index (χ3v) is 22.5. The molecule has 3 unspecified atom stereocenters. The quantitative estimate of drug-likeness (QED) is 0.0217. The monoisotopic (exact) mass is 1250 g/mol. The number of amides is 1. The number of carbonyl (C=O) groups excluding carboxylic acids is 1. The van der Waals surface area contributed by atoms with Gasteiger partial charge in [-0.05, 0) is 165 Å². The minimum Gasteiger partial charge on any atom is -0.504 e. The Labute approximate surface area is 557 Å². The number of phenolic OH excluding ortho intramolecular Hbond substituents is 1. The van der Waals surface area contributed by atoms with Gasteiger partial charge in [-0.2, -0.15) is 0 Å². The second-order valence-corrected chi connectivity index (χ2v) is 28.8. The van der Waals surface area contributed by atoms with Gasteiger partial charge in [-0.1, -0.05) is 233 Å². The van der Waals surface area contributed by atoms with Gasteiger partial charge >= 0.3 is 0 Å². The zero-order valence-corrected chi connectivity index (χ0v) is 56.6. The molecule has 5 atom stereocenters. The van der Waals surface area contributed by atoms with Crippen molar-refractivity contribution in [3.63, 3.8) is 0 Å². The zero-order valence-electron chi connectivity index (χ0n) is 56.6. The molecule has 3 fully saturated rings. The summed E-state index contributed by atoms with van der Waals surface area (Å²) in [6, 6.07) is 40.7. The van der Waals surface area contributed by atoms with E-state index in [0.29, 0.717) is 18.2 Å². The maximum atomic E-state index is 12.7. The van der Waals surface area contributed by atoms with Gasteiger partial charge in [0.1, 0.15) is 0 Å². The molecule has 14 rings (SSSR count). The summed E-state index contributed by atoms with van der Waals surface area (Å²) in [6.07, 6.45) is 49.4. The van der Waals surface area contributed by atoms with Crippen molar-refractivity contribution in [2.75, 3.05) is 25.0 Å². The van der Waals surface area contributed by atoms with Crippen molar-refractivity contribution in [3.05, 3.63) is 184 Å². The van der Waals surface area contributed by atoms with Crippen LogP contribution >= 0.6 is 0 Å². The number of rotatable bonds is 31. The van der Waals surface area contributed by atoms with Crippen LogP contribution in [0.4, 0.5) is 5.69 Å². The molecule has 7 aliphatic rings. The number of piperidine rings is 1. The van der Waals surface area contributed by atoms with Crippen LogP contribution in [0.3, 0.4) is 0 Å². The van der Waals surface area contributed by atoms with Crippen LogP contribution in [0.5, 0.6) is 11.5 Å². The molecule has 1 amide bonds. The summed E-state index contributed by atoms with van der Waals surface area (Å²) in [5, 5.41) is 31.0. The normalized spacial score (nSPS) is 21.7. The van der Waals surface area contributed by atoms with Gasteiger partial charge in [-0.3, -0.25) is 14.7 Å². The largest absolute Gasteiger partial charge is 0.504 e. The molecule has 2 aromatic heterocycles. The number of fused-ring (bicyclic) bond motifs is 5. The van der Waals surface area contributed by atoms with Crippen molar-refractivity contribution >= 4 is 28.1 Å². The highest BCUT2D eigenvalue weighted by Crippen LogP contribution is 2.69. The highest BCUT2D eigenvalue weighted by Gasteiger charge is 2.73. The lowest BCUT2D eigenvalue weighted by atomic mass is 9.49. The Balaban J connectivity index is 0.000000139. The van der Waals surface area contributed by atoms with Crippen molar-refractivity contribution in [2.45, 2.75) is 255 Å². The number of hydrogen-bond acceptors (Lipinski definition) is 7. The van der Waals surface area contributed by atoms with Gasteiger partial charge in [0.2, 0.25) is 0 Å². The van der Waals surface area contributed by atoms with Crippen molar-refractivity contribution in [1.82, 2.24) is 20.2 Å². The number of carbonyl (C=O) groups is 1. The van der Waals surface area contributed by atoms with Crippen LogP contribution in [0.15, 0.2) is 134 Å². The molecule has 1 saturated carbocycles. The first-order chi connectivity index (χ1) is 45.8. The van der Waals surface area contributed by atoms with E-state index in [1.165, 1.54) is 203 Å². The molecule has 9 heteroatoms. The van der Waals surface area contributed by atoms with Crippen LogP contribution in [-0.4, -0.2) is 68.3 Å². The molecule has 6 heterocycles. The number of aryl methyl sites for hydroxylation is 4. The molecule has 5 aromatic carbocycles. The molecular weight excluding hydrogens is 1140 g/mol. The predicted molar refractivity (Wildman–Crippen MR) is 384 cm³/mol. The summed E-state index contributed by atoms with van der Waals surface area (Å²) in [7, 11) is 0. The molecule has 1 spiro atoms. The van der Waals surface area contributed by atoms with Crippen molar-refractivity contribution in [3.8, 4) is 22.6 Å². The summed E-state index contributed by atoms with van der Waals surface area (Å²) in [4.78, 5) is 22.6. The van der Waals surface area contributed by atoms with Crippen LogP contribution in [0.1, 0.15) is 244 Å². The smallest absolute Gasteiger partial charge is 0.256 e. The van der Waals surface area contributed by atoms with Gasteiger partial charge in [0.25, 0.3) is 5.91 Å². The third kappa shape index (κ3) is 15.6. The number of ether oxygens (including phenoxy) is 1. The molecule has 0 radical (unpaired) electrons. The van der Waals surface area contributed by atoms with E-state index in [-0.39, 0.29) is 23.8 Å². The minimum absolute atomic E-state index is 0.00737. The number of phenols is 1. The zero-order chi connectivity index (χ0) is 63.8. The number of pyridine rings is 1. The summed E-state index contributed by atoms with van der Waals surface area (Å²) in [5.74, 6) is 1.58. The first-order valence-electron chi connectivity index (χ1n) is 37.3. The molecule has 4 aliphatic heterocycles. The Morgan fingerprint density at radius 3 is 1.82 bits per heavy atom. The lowest BCUT2D eigenvalue weighted by Crippen LogP contribution is -2.74. The molecule has 2 bridgehead atoms. The summed E-state index contributed by atoms with van der Waals surface area (Å²) in [6.45, 7) is 7.65. The number of hydrogen-bond donors (Lipinski definition) is 5. The fourth-order valence-electron chi connectivity index (χ4n) is 17.2. The van der Waals surface area contributed by atoms with Crippen LogP contribution in [-0.2, 0) is 48.7 Å². The first kappa shape index (κ1) is 66.5. The van der Waals surface area contributed by atoms with Crippen molar-refractivity contribution in [2.24, 2.45) is 5.92 Å². The van der Waals surface area contributed by atoms with Gasteiger partial charge in [0.15, 0.2) is 17.6 Å². The topological polar surface area (TPSA) is 123 Å². The number of aromatic hydroxyl groups is 1. The van der Waals surface area contributed by atoms with E-state index in [2.05, 4.69) is 124 Å². The number of benzene rings is 5. The number of nitrogens with one attached hydrogen (secondary N) is 3. The molecule has 3 aliphatic carbocycles. The highest BCUT2D eigenvalue weighted by atomic mass is 16.5. The average molecular weight is 1250 g/mol. The summed E-state index contributed by atoms with van der Waals surface area (Å²) >= 11 is 0. The van der Waals surface area contributed by atoms with Crippen LogP contribution in [0.25, 0.3) is 27.6 Å². The molecule has 2 saturated heterocycles. The van der Waals surface area contributed by atoms with Crippen molar-refractivity contribution in [1.29, 1.82) is 0 Å². The fourth-order valence-corrected chi connectivity index (χ4v) is 17.2. The number of para-hydroxylation sites is 1. The third-order valence-electron chi connectivity index (χ3n) is 22.5. The number of anilines is 1. The molecule has 494 valence electrons. The molecule has 9 nitrogen and oxygen atoms in total. The number of aliphatic hydroxyl groups is 1. The second-order valence-electron chi connectivity index (χ2n) is 28.8. The molecule has 5 N–H and O–H groups in total. The average Bonchev–Trinajstić information content (AvgIpc) is 1.53. The Morgan fingerprint density at radius 2 is 1.25 bits per heavy atom. The number of nitrogens with zero attached hydrogens (tertiary/aromatic N) is 2. The molecular formula is C84H109N5O4. The Kier molecular flexibility index (Phi) is 23.1. The van der Waals surface area contributed by atoms with Gasteiger partial charge in [-0.25, -0.2) is 0 Å². The standard InChI is InChI=1S/C40H66.C26H26N2O3.C18H17N3O/c1-3-37-31-27-29-35-39(37)33-25-23-21-19-17-15-13-11-9-7-5-6-8-10-12-14-16-18-20-22-24-26-34-40-36-30-28-32-38(40)4-2;29-19-8-7-15-11-20-26(30)12-17-16-3-1-2-4-18(16)27-22(17)24-25(26,21(15)23(19)31-24)9-10-28(20)13-14-5-6-14;22-18-16(10-14-4-2-8-20-14)15-9-12(5-6-17(15)21-18)13-3-1-7-19-11-13/h27-32,35-36H,3-26,33-34H2,1-2H3;1-4,7-8,14,20,24,27,29-30H,5-6,9-13H2;1,3,5-7,9-11,14,20H,2,4,8H2,(H,21,22)/t;20?,24-,25?,26-;/m.1./s1. The van der Waals surface area contributed by atoms with E-state index in [9.17, 15) is 15.0 Å². The number of likely N-dealkylation sites (tertiary alicyclic amines) is 1. The van der Waals surface area contributed by atoms with Gasteiger partial charge in [0.05, 0.1) is 16.7 Å². The number of H-pyrrole nitrogens is 1. The maximum absolute atomic E-state index is 12.7. The highest BCUT2D eigenvalue weighted by molar-refractivity contribution is 6.31. The van der Waals surface area contributed by atoms with E-state index in [1.54, 1.807) is 34.5 Å². The molecule has 93 heavy (non-hydrogen) atoms. The number of unbranched alkanes of at least 4 members (excludes halogenated alkanes) is 21. The molecule has 7 aromatic rings. The van der Waals surface area contributed by atoms with Crippen LogP contribution in [0, 0.1) is 5.92 Å². The van der Waals surface area contributed by atoms with E-state index < -0.39 is 11.0 Å². The first-order valence-corrected chi connectivity index (χ1v) is 37.3.